The first-order valence-electron chi connectivity index (χ1n) is 10.00. The molecule has 5 atom stereocenters. The van der Waals surface area contributed by atoms with Crippen LogP contribution in [0.5, 0.6) is 0 Å². The zero-order valence-electron chi connectivity index (χ0n) is 16.3. The number of likely N-dealkylation sites (tertiary alicyclic amines) is 1. The second-order valence-electron chi connectivity index (χ2n) is 8.11. The second-order valence-corrected chi connectivity index (χ2v) is 8.90. The van der Waals surface area contributed by atoms with Gasteiger partial charge in [0.25, 0.3) is 0 Å². The number of piperidine rings is 1. The van der Waals surface area contributed by atoms with Crippen molar-refractivity contribution in [3.63, 3.8) is 0 Å². The van der Waals surface area contributed by atoms with Gasteiger partial charge in [0, 0.05) is 30.9 Å². The van der Waals surface area contributed by atoms with E-state index in [2.05, 4.69) is 23.4 Å². The summed E-state index contributed by atoms with van der Waals surface area (Å²) in [5.41, 5.74) is 2.07. The highest BCUT2D eigenvalue weighted by molar-refractivity contribution is 6.36. The van der Waals surface area contributed by atoms with Crippen LogP contribution in [0.15, 0.2) is 18.5 Å². The molecule has 4 nitrogen and oxygen atoms in total. The Labute approximate surface area is 176 Å². The summed E-state index contributed by atoms with van der Waals surface area (Å²) < 4.78 is 13.1. The number of aromatic nitrogens is 1. The van der Waals surface area contributed by atoms with Crippen LogP contribution >= 0.6 is 23.2 Å². The Hall–Kier alpha value is -0.880. The molecule has 1 aliphatic heterocycles. The van der Waals surface area contributed by atoms with Crippen LogP contribution in [-0.4, -0.2) is 45.5 Å². The summed E-state index contributed by atoms with van der Waals surface area (Å²) in [5.74, 6) is 0.826. The molecule has 1 aromatic rings. The molecule has 0 amide bonds. The Bertz CT molecular complexity index is 718. The highest BCUT2D eigenvalue weighted by atomic mass is 35.5. The third kappa shape index (κ3) is 4.18. The van der Waals surface area contributed by atoms with Crippen LogP contribution in [0.25, 0.3) is 0 Å². The van der Waals surface area contributed by atoms with Gasteiger partial charge >= 0.3 is 0 Å². The summed E-state index contributed by atoms with van der Waals surface area (Å²) in [6.45, 7) is 6.40. The lowest BCUT2D eigenvalue weighted by Crippen LogP contribution is -2.52. The van der Waals surface area contributed by atoms with Gasteiger partial charge in [-0.3, -0.25) is 4.98 Å². The molecule has 28 heavy (non-hydrogen) atoms. The first kappa shape index (κ1) is 21.8. The predicted molar refractivity (Wildman–Crippen MR) is 110 cm³/mol. The van der Waals surface area contributed by atoms with Crippen molar-refractivity contribution in [2.45, 2.75) is 57.8 Å². The van der Waals surface area contributed by atoms with Crippen LogP contribution in [0.1, 0.15) is 43.9 Å². The van der Waals surface area contributed by atoms with Gasteiger partial charge in [-0.25, -0.2) is 4.39 Å². The lowest BCUT2D eigenvalue weighted by Gasteiger charge is -2.51. The van der Waals surface area contributed by atoms with Gasteiger partial charge < -0.3 is 15.1 Å². The molecule has 1 saturated carbocycles. The van der Waals surface area contributed by atoms with Crippen LogP contribution < -0.4 is 0 Å². The maximum Gasteiger partial charge on any atom is 0.116 e. The smallest absolute Gasteiger partial charge is 0.116 e. The highest BCUT2D eigenvalue weighted by Crippen LogP contribution is 2.45. The van der Waals surface area contributed by atoms with Crippen LogP contribution in [-0.2, 0) is 13.0 Å². The van der Waals surface area contributed by atoms with Gasteiger partial charge in [-0.1, -0.05) is 36.2 Å². The van der Waals surface area contributed by atoms with E-state index in [0.29, 0.717) is 34.0 Å². The van der Waals surface area contributed by atoms with Crippen molar-refractivity contribution in [1.29, 1.82) is 0 Å². The number of halogens is 3. The monoisotopic (exact) mass is 430 g/mol. The fraction of sp³-hybridized carbons (Fsp3) is 0.667. The van der Waals surface area contributed by atoms with Crippen molar-refractivity contribution in [2.24, 2.45) is 17.8 Å². The number of hydrogen-bond donors (Lipinski definition) is 2. The molecule has 1 aliphatic carbocycles. The van der Waals surface area contributed by atoms with E-state index >= 15 is 0 Å². The molecule has 4 unspecified atom stereocenters. The van der Waals surface area contributed by atoms with Crippen molar-refractivity contribution >= 4 is 23.2 Å². The number of allylic oxidation sites excluding steroid dienone is 1. The molecular weight excluding hydrogens is 402 g/mol. The summed E-state index contributed by atoms with van der Waals surface area (Å²) in [4.78, 5) is 6.37. The van der Waals surface area contributed by atoms with Crippen molar-refractivity contribution in [3.8, 4) is 0 Å². The summed E-state index contributed by atoms with van der Waals surface area (Å²) in [7, 11) is 0. The van der Waals surface area contributed by atoms with E-state index in [4.69, 9.17) is 23.2 Å². The Balaban J connectivity index is 1.75. The maximum absolute atomic E-state index is 13.1. The molecule has 2 heterocycles. The minimum absolute atomic E-state index is 0.0535. The fourth-order valence-electron chi connectivity index (χ4n) is 5.25. The third-order valence-corrected chi connectivity index (χ3v) is 7.49. The third-order valence-electron chi connectivity index (χ3n) is 6.72. The average molecular weight is 431 g/mol. The van der Waals surface area contributed by atoms with Gasteiger partial charge in [0.15, 0.2) is 0 Å². The number of nitrogens with zero attached hydrogens (tertiary/aromatic N) is 2. The molecule has 0 spiro atoms. The van der Waals surface area contributed by atoms with E-state index < -0.39 is 12.8 Å². The van der Waals surface area contributed by atoms with E-state index in [1.54, 1.807) is 0 Å². The lowest BCUT2D eigenvalue weighted by atomic mass is 9.64. The second kappa shape index (κ2) is 9.29. The largest absolute Gasteiger partial charge is 0.390 e. The van der Waals surface area contributed by atoms with Gasteiger partial charge in [0.2, 0.25) is 0 Å². The Morgan fingerprint density at radius 3 is 2.79 bits per heavy atom. The molecular formula is C21H29Cl2FN2O2. The Morgan fingerprint density at radius 2 is 2.11 bits per heavy atom. The Kier molecular flexibility index (Phi) is 7.24. The number of alkyl halides is 1. The van der Waals surface area contributed by atoms with Gasteiger partial charge in [-0.2, -0.15) is 0 Å². The number of pyridine rings is 1. The number of fused-ring (bicyclic) bond motifs is 1. The van der Waals surface area contributed by atoms with Gasteiger partial charge in [-0.15, -0.1) is 0 Å². The molecule has 156 valence electrons. The molecule has 3 rings (SSSR count). The van der Waals surface area contributed by atoms with Crippen molar-refractivity contribution in [2.75, 3.05) is 13.2 Å². The Morgan fingerprint density at radius 1 is 1.36 bits per heavy atom. The fourth-order valence-corrected chi connectivity index (χ4v) is 5.78. The van der Waals surface area contributed by atoms with E-state index in [1.165, 1.54) is 6.20 Å². The number of hydrogen-bond acceptors (Lipinski definition) is 4. The van der Waals surface area contributed by atoms with Crippen molar-refractivity contribution < 1.29 is 14.6 Å². The predicted octanol–water partition coefficient (Wildman–Crippen LogP) is 4.39. The molecule has 1 saturated heterocycles. The topological polar surface area (TPSA) is 56.6 Å². The van der Waals surface area contributed by atoms with E-state index in [1.807, 2.05) is 0 Å². The summed E-state index contributed by atoms with van der Waals surface area (Å²) in [5, 5.41) is 20.4. The van der Waals surface area contributed by atoms with Crippen LogP contribution in [0.3, 0.4) is 0 Å². The van der Waals surface area contributed by atoms with E-state index in [-0.39, 0.29) is 18.6 Å². The summed E-state index contributed by atoms with van der Waals surface area (Å²) in [6, 6.07) is 0.262. The molecule has 0 radical (unpaired) electrons. The number of aliphatic hydroxyl groups excluding tert-OH is 2. The first-order valence-corrected chi connectivity index (χ1v) is 10.8. The normalized spacial score (nSPS) is 28.7. The zero-order valence-corrected chi connectivity index (χ0v) is 17.8. The molecule has 2 aliphatic rings. The van der Waals surface area contributed by atoms with Gasteiger partial charge in [-0.05, 0) is 49.5 Å². The lowest BCUT2D eigenvalue weighted by molar-refractivity contribution is -0.0402. The van der Waals surface area contributed by atoms with Crippen molar-refractivity contribution in [1.82, 2.24) is 9.88 Å². The van der Waals surface area contributed by atoms with Gasteiger partial charge in [0.05, 0.1) is 28.5 Å². The summed E-state index contributed by atoms with van der Waals surface area (Å²) >= 11 is 12.7. The number of rotatable bonds is 6. The maximum atomic E-state index is 13.1. The van der Waals surface area contributed by atoms with Crippen molar-refractivity contribution in [3.05, 3.63) is 39.8 Å². The van der Waals surface area contributed by atoms with Gasteiger partial charge in [0.1, 0.15) is 6.67 Å². The molecule has 2 N–H and O–H groups in total. The first-order chi connectivity index (χ1) is 13.4. The summed E-state index contributed by atoms with van der Waals surface area (Å²) in [6.07, 6.45) is 5.11. The average Bonchev–Trinajstić information content (AvgIpc) is 2.70. The molecule has 0 aromatic carbocycles. The molecule has 7 heteroatoms. The minimum atomic E-state index is -0.846. The SMILES string of the molecule is C=C(Cc1c(Cl)cnc(CO)c1Cl)N1CCC2C(CCCC2[C@H](O)CF)C1C. The molecule has 0 bridgehead atoms. The quantitative estimate of drug-likeness (QED) is 0.702. The molecule has 1 aromatic heterocycles. The van der Waals surface area contributed by atoms with E-state index in [0.717, 1.165) is 43.5 Å². The van der Waals surface area contributed by atoms with Crippen LogP contribution in [0, 0.1) is 17.8 Å². The molecule has 2 fully saturated rings. The zero-order chi connectivity index (χ0) is 20.4. The van der Waals surface area contributed by atoms with Crippen LogP contribution in [0.2, 0.25) is 10.0 Å². The number of aliphatic hydroxyl groups is 2. The standard InChI is InChI=1S/C21H29Cl2FN2O2/c1-12(8-17-18(22)10-25-19(11-27)21(17)23)26-7-6-15-14(13(26)2)4-3-5-16(15)20(28)9-24/h10,13-16,20,27-28H,1,3-9,11H2,2H3/t13?,14?,15?,16?,20-/m1/s1. The minimum Gasteiger partial charge on any atom is -0.390 e. The van der Waals surface area contributed by atoms with Crippen LogP contribution in [0.4, 0.5) is 4.39 Å². The highest BCUT2D eigenvalue weighted by Gasteiger charge is 2.43. The van der Waals surface area contributed by atoms with E-state index in [9.17, 15) is 14.6 Å².